The number of hydrogen-bond acceptors (Lipinski definition) is 5. The van der Waals surface area contributed by atoms with E-state index in [0.717, 1.165) is 0 Å². The van der Waals surface area contributed by atoms with Gasteiger partial charge in [-0.3, -0.25) is 4.79 Å². The van der Waals surface area contributed by atoms with Gasteiger partial charge in [-0.25, -0.2) is 0 Å². The Morgan fingerprint density at radius 2 is 1.83 bits per heavy atom. The van der Waals surface area contributed by atoms with Crippen molar-refractivity contribution in [1.29, 1.82) is 0 Å². The molecule has 0 fully saturated rings. The maximum atomic E-state index is 12.9. The van der Waals surface area contributed by atoms with E-state index in [4.69, 9.17) is 5.73 Å². The summed E-state index contributed by atoms with van der Waals surface area (Å²) in [6, 6.07) is 10.3. The minimum Gasteiger partial charge on any atom is -0.368 e. The highest BCUT2D eigenvalue weighted by atomic mass is 19.4. The molecule has 7 nitrogen and oxygen atoms in total. The van der Waals surface area contributed by atoms with E-state index >= 15 is 0 Å². The van der Waals surface area contributed by atoms with Crippen LogP contribution in [-0.4, -0.2) is 25.7 Å². The van der Waals surface area contributed by atoms with E-state index in [1.54, 1.807) is 30.3 Å². The van der Waals surface area contributed by atoms with E-state index in [1.807, 2.05) is 0 Å². The molecule has 2 aromatic heterocycles. The Hall–Kier alpha value is -3.17. The summed E-state index contributed by atoms with van der Waals surface area (Å²) in [5, 5.41) is 13.0. The van der Waals surface area contributed by atoms with Crippen LogP contribution in [0.3, 0.4) is 0 Å². The number of hydrogen-bond donors (Lipinski definition) is 2. The minimum absolute atomic E-state index is 0.0282. The zero-order chi connectivity index (χ0) is 17.3. The molecule has 0 aliphatic rings. The van der Waals surface area contributed by atoms with Gasteiger partial charge in [0.25, 0.3) is 5.82 Å². The lowest BCUT2D eigenvalue weighted by atomic mass is 10.1. The van der Waals surface area contributed by atoms with Gasteiger partial charge in [-0.15, -0.1) is 15.3 Å². The number of amides is 1. The Morgan fingerprint density at radius 3 is 2.46 bits per heavy atom. The Bertz CT molecular complexity index is 877. The number of anilines is 1. The Balaban J connectivity index is 1.98. The summed E-state index contributed by atoms with van der Waals surface area (Å²) < 4.78 is 39.2. The van der Waals surface area contributed by atoms with Crippen molar-refractivity contribution in [3.05, 3.63) is 53.9 Å². The number of aromatic nitrogens is 4. The standard InChI is InChI=1S/C14H11F3N6O/c15-14(16,17)13-21-20-10-7-6-9(22-23(10)13)19-11(12(18)24)8-4-2-1-3-5-8/h1-7,11H,(H2,18,24)(H,19,22)/t11-/m0/s1. The Labute approximate surface area is 133 Å². The number of benzene rings is 1. The first-order valence-electron chi connectivity index (χ1n) is 6.77. The molecule has 1 aromatic carbocycles. The summed E-state index contributed by atoms with van der Waals surface area (Å²) in [6.45, 7) is 0. The summed E-state index contributed by atoms with van der Waals surface area (Å²) in [6.07, 6.45) is -4.70. The number of nitrogens with one attached hydrogen (secondary N) is 1. The van der Waals surface area contributed by atoms with Crippen LogP contribution in [0.5, 0.6) is 0 Å². The lowest BCUT2D eigenvalue weighted by Gasteiger charge is -2.16. The second kappa shape index (κ2) is 5.80. The average molecular weight is 336 g/mol. The van der Waals surface area contributed by atoms with Crippen molar-refractivity contribution in [2.45, 2.75) is 12.2 Å². The number of rotatable bonds is 4. The molecule has 0 unspecified atom stereocenters. The highest BCUT2D eigenvalue weighted by Crippen LogP contribution is 2.28. The first-order valence-corrected chi connectivity index (χ1v) is 6.77. The summed E-state index contributed by atoms with van der Waals surface area (Å²) in [5.74, 6) is -1.92. The van der Waals surface area contributed by atoms with Crippen LogP contribution in [-0.2, 0) is 11.0 Å². The van der Waals surface area contributed by atoms with E-state index in [0.29, 0.717) is 10.1 Å². The van der Waals surface area contributed by atoms with Crippen molar-refractivity contribution in [1.82, 2.24) is 19.8 Å². The van der Waals surface area contributed by atoms with Gasteiger partial charge in [0.15, 0.2) is 5.65 Å². The van der Waals surface area contributed by atoms with Crippen LogP contribution in [0.1, 0.15) is 17.4 Å². The number of carbonyl (C=O) groups excluding carboxylic acids is 1. The summed E-state index contributed by atoms with van der Waals surface area (Å²) in [5.41, 5.74) is 5.86. The maximum Gasteiger partial charge on any atom is 0.453 e. The molecule has 1 atom stereocenters. The molecule has 1 amide bonds. The third kappa shape index (κ3) is 2.98. The topological polar surface area (TPSA) is 98.2 Å². The van der Waals surface area contributed by atoms with Gasteiger partial charge >= 0.3 is 6.18 Å². The average Bonchev–Trinajstić information content (AvgIpc) is 2.96. The zero-order valence-corrected chi connectivity index (χ0v) is 12.0. The highest BCUT2D eigenvalue weighted by Gasteiger charge is 2.37. The van der Waals surface area contributed by atoms with Gasteiger partial charge in [0.05, 0.1) is 0 Å². The molecule has 0 bridgehead atoms. The molecule has 0 aliphatic carbocycles. The summed E-state index contributed by atoms with van der Waals surface area (Å²) >= 11 is 0. The molecule has 3 rings (SSSR count). The fraction of sp³-hybridized carbons (Fsp3) is 0.143. The van der Waals surface area contributed by atoms with E-state index in [1.165, 1.54) is 12.1 Å². The molecule has 0 saturated heterocycles. The molecule has 24 heavy (non-hydrogen) atoms. The quantitative estimate of drug-likeness (QED) is 0.757. The number of carbonyl (C=O) groups is 1. The van der Waals surface area contributed by atoms with Gasteiger partial charge in [-0.2, -0.15) is 17.7 Å². The highest BCUT2D eigenvalue weighted by molar-refractivity contribution is 5.84. The van der Waals surface area contributed by atoms with Crippen molar-refractivity contribution in [3.8, 4) is 0 Å². The van der Waals surface area contributed by atoms with E-state index < -0.39 is 23.9 Å². The van der Waals surface area contributed by atoms with Crippen molar-refractivity contribution < 1.29 is 18.0 Å². The van der Waals surface area contributed by atoms with Gasteiger partial charge in [-0.1, -0.05) is 30.3 Å². The molecule has 0 radical (unpaired) electrons. The summed E-state index contributed by atoms with van der Waals surface area (Å²) in [4.78, 5) is 11.7. The zero-order valence-electron chi connectivity index (χ0n) is 12.0. The molecule has 124 valence electrons. The second-order valence-corrected chi connectivity index (χ2v) is 4.90. The first kappa shape index (κ1) is 15.7. The Kier molecular flexibility index (Phi) is 3.80. The number of alkyl halides is 3. The van der Waals surface area contributed by atoms with Gasteiger partial charge in [0.1, 0.15) is 11.9 Å². The second-order valence-electron chi connectivity index (χ2n) is 4.90. The molecule has 3 N–H and O–H groups in total. The molecule has 0 aliphatic heterocycles. The van der Waals surface area contributed by atoms with Crippen LogP contribution in [0.2, 0.25) is 0 Å². The van der Waals surface area contributed by atoms with Gasteiger partial charge in [-0.05, 0) is 17.7 Å². The third-order valence-corrected chi connectivity index (χ3v) is 3.23. The van der Waals surface area contributed by atoms with Crippen molar-refractivity contribution in [2.75, 3.05) is 5.32 Å². The molecule has 10 heteroatoms. The predicted octanol–water partition coefficient (Wildman–Crippen LogP) is 1.78. The van der Waals surface area contributed by atoms with E-state index in [2.05, 4.69) is 20.6 Å². The normalized spacial score (nSPS) is 13.0. The SMILES string of the molecule is NC(=O)[C@@H](Nc1ccc2nnc(C(F)(F)F)n2n1)c1ccccc1. The molecular formula is C14H11F3N6O. The van der Waals surface area contributed by atoms with Crippen molar-refractivity contribution in [3.63, 3.8) is 0 Å². The number of fused-ring (bicyclic) bond motifs is 1. The monoisotopic (exact) mass is 336 g/mol. The number of halogens is 3. The largest absolute Gasteiger partial charge is 0.453 e. The lowest BCUT2D eigenvalue weighted by Crippen LogP contribution is -2.28. The molecule has 0 saturated carbocycles. The van der Waals surface area contributed by atoms with Gasteiger partial charge < -0.3 is 11.1 Å². The van der Waals surface area contributed by atoms with Crippen LogP contribution in [0.4, 0.5) is 19.0 Å². The Morgan fingerprint density at radius 1 is 1.12 bits per heavy atom. The van der Waals surface area contributed by atoms with Gasteiger partial charge in [0, 0.05) is 0 Å². The molecule has 3 aromatic rings. The lowest BCUT2D eigenvalue weighted by molar-refractivity contribution is -0.146. The van der Waals surface area contributed by atoms with Crippen molar-refractivity contribution >= 4 is 17.4 Å². The van der Waals surface area contributed by atoms with Gasteiger partial charge in [0.2, 0.25) is 5.91 Å². The van der Waals surface area contributed by atoms with Crippen LogP contribution in [0.15, 0.2) is 42.5 Å². The molecular weight excluding hydrogens is 325 g/mol. The van der Waals surface area contributed by atoms with E-state index in [-0.39, 0.29) is 11.5 Å². The first-order chi connectivity index (χ1) is 11.4. The summed E-state index contributed by atoms with van der Waals surface area (Å²) in [7, 11) is 0. The van der Waals surface area contributed by atoms with Crippen LogP contribution < -0.4 is 11.1 Å². The van der Waals surface area contributed by atoms with Crippen LogP contribution in [0.25, 0.3) is 5.65 Å². The third-order valence-electron chi connectivity index (χ3n) is 3.23. The van der Waals surface area contributed by atoms with Crippen molar-refractivity contribution in [2.24, 2.45) is 5.73 Å². The fourth-order valence-electron chi connectivity index (χ4n) is 2.15. The molecule has 2 heterocycles. The molecule has 0 spiro atoms. The van der Waals surface area contributed by atoms with Crippen LogP contribution >= 0.6 is 0 Å². The maximum absolute atomic E-state index is 12.9. The smallest absolute Gasteiger partial charge is 0.368 e. The number of nitrogens with two attached hydrogens (primary N) is 1. The number of nitrogens with zero attached hydrogens (tertiary/aromatic N) is 4. The number of primary amides is 1. The predicted molar refractivity (Wildman–Crippen MR) is 77.8 cm³/mol. The minimum atomic E-state index is -4.70. The van der Waals surface area contributed by atoms with Crippen LogP contribution in [0, 0.1) is 0 Å². The van der Waals surface area contributed by atoms with E-state index in [9.17, 15) is 18.0 Å². The fourth-order valence-corrected chi connectivity index (χ4v) is 2.15.